The number of benzene rings is 1. The summed E-state index contributed by atoms with van der Waals surface area (Å²) in [5.41, 5.74) is 3.24. The standard InChI is InChI=1S/C13H16N2O/c1-9-5-6-12(13(7-9)16-4)15-8-10(2)14-11(15)3/h5-8H,1-4H3. The number of ether oxygens (including phenoxy) is 1. The van der Waals surface area contributed by atoms with Gasteiger partial charge in [0.1, 0.15) is 11.6 Å². The first-order valence-corrected chi connectivity index (χ1v) is 5.29. The normalized spacial score (nSPS) is 10.5. The average molecular weight is 216 g/mol. The van der Waals surface area contributed by atoms with E-state index in [1.807, 2.05) is 30.7 Å². The maximum Gasteiger partial charge on any atom is 0.143 e. The summed E-state index contributed by atoms with van der Waals surface area (Å²) < 4.78 is 7.45. The van der Waals surface area contributed by atoms with Crippen LogP contribution in [0.2, 0.25) is 0 Å². The molecule has 16 heavy (non-hydrogen) atoms. The van der Waals surface area contributed by atoms with Crippen LogP contribution in [0.1, 0.15) is 17.1 Å². The van der Waals surface area contributed by atoms with E-state index in [1.165, 1.54) is 5.56 Å². The van der Waals surface area contributed by atoms with Crippen LogP contribution < -0.4 is 4.74 Å². The Morgan fingerprint density at radius 3 is 2.50 bits per heavy atom. The van der Waals surface area contributed by atoms with Gasteiger partial charge in [0.05, 0.1) is 18.5 Å². The number of rotatable bonds is 2. The molecule has 0 N–H and O–H groups in total. The smallest absolute Gasteiger partial charge is 0.143 e. The average Bonchev–Trinajstić information content (AvgIpc) is 2.57. The van der Waals surface area contributed by atoms with Crippen LogP contribution in [0, 0.1) is 20.8 Å². The molecule has 1 aromatic carbocycles. The van der Waals surface area contributed by atoms with E-state index in [0.29, 0.717) is 0 Å². The summed E-state index contributed by atoms with van der Waals surface area (Å²) in [4.78, 5) is 4.39. The number of nitrogens with zero attached hydrogens (tertiary/aromatic N) is 2. The van der Waals surface area contributed by atoms with Crippen molar-refractivity contribution in [1.82, 2.24) is 9.55 Å². The van der Waals surface area contributed by atoms with E-state index in [-0.39, 0.29) is 0 Å². The van der Waals surface area contributed by atoms with Gasteiger partial charge in [0.15, 0.2) is 0 Å². The van der Waals surface area contributed by atoms with Crippen LogP contribution in [0.4, 0.5) is 0 Å². The van der Waals surface area contributed by atoms with Crippen molar-refractivity contribution in [3.8, 4) is 11.4 Å². The lowest BCUT2D eigenvalue weighted by Gasteiger charge is -2.11. The lowest BCUT2D eigenvalue weighted by Crippen LogP contribution is -1.99. The Bertz CT molecular complexity index is 515. The highest BCUT2D eigenvalue weighted by molar-refractivity contribution is 5.49. The third-order valence-corrected chi connectivity index (χ3v) is 2.60. The molecule has 0 fully saturated rings. The largest absolute Gasteiger partial charge is 0.495 e. The Morgan fingerprint density at radius 2 is 1.94 bits per heavy atom. The maximum atomic E-state index is 5.40. The predicted molar refractivity (Wildman–Crippen MR) is 64.3 cm³/mol. The highest BCUT2D eigenvalue weighted by Crippen LogP contribution is 2.25. The van der Waals surface area contributed by atoms with Crippen molar-refractivity contribution in [1.29, 1.82) is 0 Å². The Morgan fingerprint density at radius 1 is 1.19 bits per heavy atom. The SMILES string of the molecule is COc1cc(C)ccc1-n1cc(C)nc1C. The molecule has 3 nitrogen and oxygen atoms in total. The molecule has 0 aliphatic carbocycles. The lowest BCUT2D eigenvalue weighted by atomic mass is 10.2. The minimum atomic E-state index is 0.875. The van der Waals surface area contributed by atoms with Crippen molar-refractivity contribution in [2.45, 2.75) is 20.8 Å². The van der Waals surface area contributed by atoms with Crippen LogP contribution in [0.25, 0.3) is 5.69 Å². The number of imidazole rings is 1. The highest BCUT2D eigenvalue weighted by Gasteiger charge is 2.08. The number of aromatic nitrogens is 2. The first-order chi connectivity index (χ1) is 7.61. The molecule has 0 aliphatic rings. The van der Waals surface area contributed by atoms with Gasteiger partial charge in [-0.25, -0.2) is 4.98 Å². The van der Waals surface area contributed by atoms with E-state index in [9.17, 15) is 0 Å². The van der Waals surface area contributed by atoms with Crippen LogP contribution in [-0.4, -0.2) is 16.7 Å². The number of hydrogen-bond acceptors (Lipinski definition) is 2. The molecule has 0 saturated heterocycles. The van der Waals surface area contributed by atoms with Crippen LogP contribution in [0.5, 0.6) is 5.75 Å². The van der Waals surface area contributed by atoms with Gasteiger partial charge in [0, 0.05) is 6.20 Å². The fourth-order valence-electron chi connectivity index (χ4n) is 1.85. The summed E-state index contributed by atoms with van der Waals surface area (Å²) in [6.45, 7) is 6.04. The first-order valence-electron chi connectivity index (χ1n) is 5.29. The summed E-state index contributed by atoms with van der Waals surface area (Å²) >= 11 is 0. The van der Waals surface area contributed by atoms with Gasteiger partial charge in [-0.05, 0) is 38.5 Å². The first kappa shape index (κ1) is 10.7. The minimum Gasteiger partial charge on any atom is -0.495 e. The van der Waals surface area contributed by atoms with E-state index < -0.39 is 0 Å². The van der Waals surface area contributed by atoms with E-state index in [2.05, 4.69) is 24.0 Å². The van der Waals surface area contributed by atoms with Gasteiger partial charge in [0.25, 0.3) is 0 Å². The monoisotopic (exact) mass is 216 g/mol. The van der Waals surface area contributed by atoms with E-state index in [0.717, 1.165) is 23.0 Å². The Labute approximate surface area is 95.7 Å². The molecule has 0 atom stereocenters. The Kier molecular flexibility index (Phi) is 2.69. The summed E-state index contributed by atoms with van der Waals surface area (Å²) in [6, 6.07) is 6.17. The quantitative estimate of drug-likeness (QED) is 0.771. The molecule has 1 aromatic heterocycles. The molecular formula is C13H16N2O. The Hall–Kier alpha value is -1.77. The van der Waals surface area contributed by atoms with Gasteiger partial charge >= 0.3 is 0 Å². The van der Waals surface area contributed by atoms with E-state index in [4.69, 9.17) is 4.74 Å². The van der Waals surface area contributed by atoms with Crippen molar-refractivity contribution in [2.24, 2.45) is 0 Å². The van der Waals surface area contributed by atoms with Crippen LogP contribution in [-0.2, 0) is 0 Å². The van der Waals surface area contributed by atoms with Crippen LogP contribution >= 0.6 is 0 Å². The second kappa shape index (κ2) is 4.00. The molecule has 0 unspecified atom stereocenters. The van der Waals surface area contributed by atoms with E-state index in [1.54, 1.807) is 7.11 Å². The second-order valence-corrected chi connectivity index (χ2v) is 3.97. The summed E-state index contributed by atoms with van der Waals surface area (Å²) in [5, 5.41) is 0. The predicted octanol–water partition coefficient (Wildman–Crippen LogP) is 2.81. The number of aryl methyl sites for hydroxylation is 3. The van der Waals surface area contributed by atoms with Gasteiger partial charge < -0.3 is 9.30 Å². The molecule has 3 heteroatoms. The molecule has 1 heterocycles. The fraction of sp³-hybridized carbons (Fsp3) is 0.308. The van der Waals surface area contributed by atoms with Gasteiger partial charge in [-0.3, -0.25) is 0 Å². The zero-order valence-corrected chi connectivity index (χ0v) is 10.1. The van der Waals surface area contributed by atoms with Gasteiger partial charge in [-0.1, -0.05) is 6.07 Å². The molecular weight excluding hydrogens is 200 g/mol. The zero-order valence-electron chi connectivity index (χ0n) is 10.1. The van der Waals surface area contributed by atoms with Gasteiger partial charge in [0.2, 0.25) is 0 Å². The zero-order chi connectivity index (χ0) is 11.7. The molecule has 84 valence electrons. The highest BCUT2D eigenvalue weighted by atomic mass is 16.5. The van der Waals surface area contributed by atoms with Gasteiger partial charge in [-0.2, -0.15) is 0 Å². The minimum absolute atomic E-state index is 0.875. The molecule has 2 aromatic rings. The fourth-order valence-corrected chi connectivity index (χ4v) is 1.85. The molecule has 0 saturated carbocycles. The molecule has 0 radical (unpaired) electrons. The van der Waals surface area contributed by atoms with Crippen molar-refractivity contribution >= 4 is 0 Å². The van der Waals surface area contributed by atoms with E-state index >= 15 is 0 Å². The maximum absolute atomic E-state index is 5.40. The van der Waals surface area contributed by atoms with Crippen molar-refractivity contribution in [2.75, 3.05) is 7.11 Å². The summed E-state index contributed by atoms with van der Waals surface area (Å²) in [6.07, 6.45) is 2.02. The van der Waals surface area contributed by atoms with Crippen molar-refractivity contribution < 1.29 is 4.74 Å². The molecule has 0 bridgehead atoms. The molecule has 2 rings (SSSR count). The number of methoxy groups -OCH3 is 1. The molecule has 0 aliphatic heterocycles. The number of hydrogen-bond donors (Lipinski definition) is 0. The third-order valence-electron chi connectivity index (χ3n) is 2.60. The van der Waals surface area contributed by atoms with Crippen LogP contribution in [0.3, 0.4) is 0 Å². The van der Waals surface area contributed by atoms with Crippen molar-refractivity contribution in [3.63, 3.8) is 0 Å². The van der Waals surface area contributed by atoms with Crippen LogP contribution in [0.15, 0.2) is 24.4 Å². The van der Waals surface area contributed by atoms with Crippen molar-refractivity contribution in [3.05, 3.63) is 41.5 Å². The second-order valence-electron chi connectivity index (χ2n) is 3.97. The summed E-state index contributed by atoms with van der Waals surface area (Å²) in [5.74, 6) is 1.85. The van der Waals surface area contributed by atoms with Gasteiger partial charge in [-0.15, -0.1) is 0 Å². The summed E-state index contributed by atoms with van der Waals surface area (Å²) in [7, 11) is 1.69. The molecule has 0 spiro atoms. The Balaban J connectivity index is 2.59. The topological polar surface area (TPSA) is 27.1 Å². The molecule has 0 amide bonds. The third kappa shape index (κ3) is 1.81. The lowest BCUT2D eigenvalue weighted by molar-refractivity contribution is 0.412.